The monoisotopic (exact) mass is 311 g/mol. The van der Waals surface area contributed by atoms with Crippen LogP contribution in [0.5, 0.6) is 0 Å². The summed E-state index contributed by atoms with van der Waals surface area (Å²) in [5, 5.41) is 10.7. The molecule has 1 amide bonds. The maximum atomic E-state index is 12.5. The Kier molecular flexibility index (Phi) is 5.14. The van der Waals surface area contributed by atoms with Gasteiger partial charge in [0, 0.05) is 56.3 Å². The van der Waals surface area contributed by atoms with Crippen molar-refractivity contribution < 1.29 is 9.72 Å². The Hall–Kier alpha value is -1.66. The Balaban J connectivity index is 2.06. The van der Waals surface area contributed by atoms with Crippen molar-refractivity contribution in [2.24, 2.45) is 0 Å². The summed E-state index contributed by atoms with van der Waals surface area (Å²) < 4.78 is 0. The molecule has 0 aliphatic carbocycles. The molecule has 0 spiro atoms. The van der Waals surface area contributed by atoms with Gasteiger partial charge in [0.2, 0.25) is 0 Å². The first-order chi connectivity index (χ1) is 10.0. The van der Waals surface area contributed by atoms with Gasteiger partial charge in [0.1, 0.15) is 0 Å². The molecule has 0 aromatic heterocycles. The smallest absolute Gasteiger partial charge is 0.269 e. The molecule has 1 fully saturated rings. The number of piperazine rings is 1. The van der Waals surface area contributed by atoms with E-state index in [1.165, 1.54) is 12.1 Å². The van der Waals surface area contributed by atoms with E-state index in [9.17, 15) is 14.9 Å². The Morgan fingerprint density at radius 1 is 1.33 bits per heavy atom. The van der Waals surface area contributed by atoms with Gasteiger partial charge in [-0.05, 0) is 18.6 Å². The van der Waals surface area contributed by atoms with Gasteiger partial charge in [0.15, 0.2) is 0 Å². The number of nitro groups is 1. The molecule has 1 aromatic carbocycles. The van der Waals surface area contributed by atoms with Crippen LogP contribution in [0.3, 0.4) is 0 Å². The highest BCUT2D eigenvalue weighted by Crippen LogP contribution is 2.19. The maximum absolute atomic E-state index is 12.5. The average molecular weight is 312 g/mol. The zero-order chi connectivity index (χ0) is 15.4. The molecule has 2 rings (SSSR count). The van der Waals surface area contributed by atoms with Gasteiger partial charge in [-0.2, -0.15) is 0 Å². The van der Waals surface area contributed by atoms with E-state index in [0.717, 1.165) is 19.6 Å². The topological polar surface area (TPSA) is 66.7 Å². The standard InChI is InChI=1S/C14H18ClN3O3/c1-11-10-12(18(20)21)2-3-13(11)14(19)17-8-6-16(5-4-15)7-9-17/h2-3,10H,4-9H2,1H3. The van der Waals surface area contributed by atoms with E-state index in [-0.39, 0.29) is 11.6 Å². The van der Waals surface area contributed by atoms with Crippen LogP contribution in [0.15, 0.2) is 18.2 Å². The van der Waals surface area contributed by atoms with Crippen LogP contribution in [0.2, 0.25) is 0 Å². The van der Waals surface area contributed by atoms with Gasteiger partial charge in [-0.1, -0.05) is 0 Å². The lowest BCUT2D eigenvalue weighted by Gasteiger charge is -2.34. The number of aryl methyl sites for hydroxylation is 1. The van der Waals surface area contributed by atoms with Crippen molar-refractivity contribution in [3.05, 3.63) is 39.4 Å². The maximum Gasteiger partial charge on any atom is 0.269 e. The van der Waals surface area contributed by atoms with Crippen LogP contribution in [-0.2, 0) is 0 Å². The van der Waals surface area contributed by atoms with Crippen molar-refractivity contribution >= 4 is 23.2 Å². The number of carbonyl (C=O) groups is 1. The second-order valence-corrected chi connectivity index (χ2v) is 5.46. The van der Waals surface area contributed by atoms with E-state index in [2.05, 4.69) is 4.90 Å². The Morgan fingerprint density at radius 3 is 2.52 bits per heavy atom. The molecule has 6 nitrogen and oxygen atoms in total. The first-order valence-corrected chi connectivity index (χ1v) is 7.39. The summed E-state index contributed by atoms with van der Waals surface area (Å²) in [5.41, 5.74) is 1.18. The minimum absolute atomic E-state index is 0.0102. The highest BCUT2D eigenvalue weighted by atomic mass is 35.5. The number of alkyl halides is 1. The lowest BCUT2D eigenvalue weighted by Crippen LogP contribution is -2.49. The minimum atomic E-state index is -0.452. The van der Waals surface area contributed by atoms with Gasteiger partial charge >= 0.3 is 0 Å². The summed E-state index contributed by atoms with van der Waals surface area (Å²) in [6, 6.07) is 4.36. The number of halogens is 1. The summed E-state index contributed by atoms with van der Waals surface area (Å²) in [7, 11) is 0. The number of non-ortho nitro benzene ring substituents is 1. The third-order valence-electron chi connectivity index (χ3n) is 3.71. The predicted octanol–water partition coefficient (Wildman–Crippen LogP) is 1.90. The molecule has 0 N–H and O–H groups in total. The number of nitro benzene ring substituents is 1. The number of benzene rings is 1. The zero-order valence-corrected chi connectivity index (χ0v) is 12.7. The third kappa shape index (κ3) is 3.71. The second kappa shape index (κ2) is 6.87. The molecular weight excluding hydrogens is 294 g/mol. The summed E-state index contributed by atoms with van der Waals surface area (Å²) in [6.07, 6.45) is 0. The average Bonchev–Trinajstić information content (AvgIpc) is 2.47. The van der Waals surface area contributed by atoms with Crippen LogP contribution in [-0.4, -0.2) is 59.2 Å². The van der Waals surface area contributed by atoms with E-state index < -0.39 is 4.92 Å². The van der Waals surface area contributed by atoms with Crippen molar-refractivity contribution in [1.82, 2.24) is 9.80 Å². The molecule has 1 aliphatic heterocycles. The molecule has 1 heterocycles. The molecule has 1 saturated heterocycles. The van der Waals surface area contributed by atoms with E-state index in [1.54, 1.807) is 17.9 Å². The van der Waals surface area contributed by atoms with Gasteiger partial charge in [0.05, 0.1) is 4.92 Å². The van der Waals surface area contributed by atoms with Gasteiger partial charge in [-0.25, -0.2) is 0 Å². The highest BCUT2D eigenvalue weighted by molar-refractivity contribution is 6.18. The Bertz CT molecular complexity index is 542. The summed E-state index contributed by atoms with van der Waals surface area (Å²) in [6.45, 7) is 5.50. The fourth-order valence-corrected chi connectivity index (χ4v) is 2.70. The SMILES string of the molecule is Cc1cc([N+](=O)[O-])ccc1C(=O)N1CCN(CCCl)CC1. The number of hydrogen-bond donors (Lipinski definition) is 0. The molecule has 0 unspecified atom stereocenters. The number of hydrogen-bond acceptors (Lipinski definition) is 4. The van der Waals surface area contributed by atoms with Crippen LogP contribution in [0, 0.1) is 17.0 Å². The van der Waals surface area contributed by atoms with Gasteiger partial charge in [0.25, 0.3) is 11.6 Å². The molecule has 0 atom stereocenters. The van der Waals surface area contributed by atoms with Crippen molar-refractivity contribution in [3.8, 4) is 0 Å². The first-order valence-electron chi connectivity index (χ1n) is 6.85. The van der Waals surface area contributed by atoms with Crippen LogP contribution < -0.4 is 0 Å². The highest BCUT2D eigenvalue weighted by Gasteiger charge is 2.23. The van der Waals surface area contributed by atoms with Crippen LogP contribution in [0.4, 0.5) is 5.69 Å². The predicted molar refractivity (Wildman–Crippen MR) is 80.9 cm³/mol. The molecule has 0 radical (unpaired) electrons. The molecule has 1 aromatic rings. The molecule has 1 aliphatic rings. The normalized spacial score (nSPS) is 16.0. The van der Waals surface area contributed by atoms with E-state index in [0.29, 0.717) is 30.1 Å². The molecule has 0 saturated carbocycles. The Morgan fingerprint density at radius 2 is 2.00 bits per heavy atom. The largest absolute Gasteiger partial charge is 0.336 e. The summed E-state index contributed by atoms with van der Waals surface area (Å²) in [5.74, 6) is 0.531. The van der Waals surface area contributed by atoms with Crippen molar-refractivity contribution in [2.75, 3.05) is 38.6 Å². The van der Waals surface area contributed by atoms with E-state index >= 15 is 0 Å². The van der Waals surface area contributed by atoms with Crippen LogP contribution >= 0.6 is 11.6 Å². The lowest BCUT2D eigenvalue weighted by molar-refractivity contribution is -0.384. The molecule has 114 valence electrons. The number of rotatable bonds is 4. The first kappa shape index (κ1) is 15.7. The molecule has 7 heteroatoms. The van der Waals surface area contributed by atoms with Gasteiger partial charge in [-0.3, -0.25) is 19.8 Å². The number of nitrogens with zero attached hydrogens (tertiary/aromatic N) is 3. The minimum Gasteiger partial charge on any atom is -0.336 e. The van der Waals surface area contributed by atoms with Crippen molar-refractivity contribution in [1.29, 1.82) is 0 Å². The summed E-state index contributed by atoms with van der Waals surface area (Å²) in [4.78, 5) is 26.8. The van der Waals surface area contributed by atoms with E-state index in [1.807, 2.05) is 0 Å². The third-order valence-corrected chi connectivity index (χ3v) is 3.88. The molecule has 0 bridgehead atoms. The quantitative estimate of drug-likeness (QED) is 0.484. The lowest BCUT2D eigenvalue weighted by atomic mass is 10.1. The fourth-order valence-electron chi connectivity index (χ4n) is 2.47. The van der Waals surface area contributed by atoms with Crippen LogP contribution in [0.25, 0.3) is 0 Å². The number of carbonyl (C=O) groups excluding carboxylic acids is 1. The van der Waals surface area contributed by atoms with Crippen LogP contribution in [0.1, 0.15) is 15.9 Å². The second-order valence-electron chi connectivity index (χ2n) is 5.08. The molecular formula is C14H18ClN3O3. The zero-order valence-electron chi connectivity index (χ0n) is 11.9. The molecule has 21 heavy (non-hydrogen) atoms. The fraction of sp³-hybridized carbons (Fsp3) is 0.500. The number of amides is 1. The van der Waals surface area contributed by atoms with E-state index in [4.69, 9.17) is 11.6 Å². The van der Waals surface area contributed by atoms with Crippen molar-refractivity contribution in [2.45, 2.75) is 6.92 Å². The Labute approximate surface area is 128 Å². The van der Waals surface area contributed by atoms with Crippen molar-refractivity contribution in [3.63, 3.8) is 0 Å². The van der Waals surface area contributed by atoms with Gasteiger partial charge in [-0.15, -0.1) is 11.6 Å². The van der Waals surface area contributed by atoms with Gasteiger partial charge < -0.3 is 4.90 Å². The summed E-state index contributed by atoms with van der Waals surface area (Å²) >= 11 is 5.71.